The molecule has 134 valence electrons. The lowest BCUT2D eigenvalue weighted by molar-refractivity contribution is 0.0799. The van der Waals surface area contributed by atoms with E-state index in [0.29, 0.717) is 24.2 Å². The highest BCUT2D eigenvalue weighted by atomic mass is 19.2. The van der Waals surface area contributed by atoms with E-state index >= 15 is 0 Å². The lowest BCUT2D eigenvalue weighted by atomic mass is 9.96. The second-order valence-corrected chi connectivity index (χ2v) is 6.42. The van der Waals surface area contributed by atoms with Gasteiger partial charge in [-0.25, -0.2) is 8.78 Å². The minimum atomic E-state index is -1.02. The average molecular weight is 356 g/mol. The fourth-order valence-electron chi connectivity index (χ4n) is 3.46. The maximum atomic E-state index is 13.8. The Balaban J connectivity index is 1.67. The number of hydrogen-bond donors (Lipinski definition) is 2. The zero-order chi connectivity index (χ0) is 18.1. The molecule has 4 nitrogen and oxygen atoms in total. The molecule has 0 saturated carbocycles. The highest BCUT2D eigenvalue weighted by Crippen LogP contribution is 2.30. The van der Waals surface area contributed by atoms with Crippen molar-refractivity contribution in [1.29, 1.82) is 0 Å². The molecular formula is C20H18F2N2O2. The molecule has 1 atom stereocenters. The van der Waals surface area contributed by atoms with Crippen molar-refractivity contribution in [2.75, 3.05) is 13.2 Å². The number of fused-ring (bicyclic) bond motifs is 3. The molecule has 6 heteroatoms. The molecule has 0 bridgehead atoms. The van der Waals surface area contributed by atoms with Crippen molar-refractivity contribution in [3.05, 3.63) is 81.3 Å². The third kappa shape index (κ3) is 3.13. The molecule has 1 aliphatic heterocycles. The third-order valence-electron chi connectivity index (χ3n) is 4.71. The molecule has 3 aromatic rings. The van der Waals surface area contributed by atoms with E-state index in [1.165, 1.54) is 5.56 Å². The number of halogens is 2. The molecule has 2 aromatic carbocycles. The first-order valence-corrected chi connectivity index (χ1v) is 8.52. The zero-order valence-corrected chi connectivity index (χ0v) is 14.0. The van der Waals surface area contributed by atoms with Gasteiger partial charge in [0.15, 0.2) is 11.6 Å². The Hall–Kier alpha value is -2.57. The van der Waals surface area contributed by atoms with E-state index in [2.05, 4.69) is 22.4 Å². The summed E-state index contributed by atoms with van der Waals surface area (Å²) in [7, 11) is 0. The van der Waals surface area contributed by atoms with E-state index in [4.69, 9.17) is 4.74 Å². The van der Waals surface area contributed by atoms with Gasteiger partial charge in [0.1, 0.15) is 0 Å². The maximum Gasteiger partial charge on any atom is 0.256 e. The zero-order valence-electron chi connectivity index (χ0n) is 14.0. The Bertz CT molecular complexity index is 1000. The topological polar surface area (TPSA) is 54.1 Å². The average Bonchev–Trinajstić information content (AvgIpc) is 2.64. The van der Waals surface area contributed by atoms with Crippen LogP contribution in [0.1, 0.15) is 22.9 Å². The number of aromatic amines is 1. The number of aromatic nitrogens is 1. The molecule has 0 fully saturated rings. The molecule has 4 rings (SSSR count). The van der Waals surface area contributed by atoms with Crippen LogP contribution in [0.3, 0.4) is 0 Å². The van der Waals surface area contributed by atoms with Gasteiger partial charge in [-0.1, -0.05) is 30.3 Å². The van der Waals surface area contributed by atoms with Crippen molar-refractivity contribution < 1.29 is 13.5 Å². The van der Waals surface area contributed by atoms with Gasteiger partial charge < -0.3 is 15.0 Å². The second kappa shape index (κ2) is 6.97. The maximum absolute atomic E-state index is 13.8. The van der Waals surface area contributed by atoms with Gasteiger partial charge in [0.05, 0.1) is 24.6 Å². The molecule has 1 aromatic heterocycles. The van der Waals surface area contributed by atoms with Crippen molar-refractivity contribution in [3.8, 4) is 0 Å². The van der Waals surface area contributed by atoms with Crippen LogP contribution in [0.5, 0.6) is 0 Å². The van der Waals surface area contributed by atoms with Crippen LogP contribution in [0, 0.1) is 11.6 Å². The Kier molecular flexibility index (Phi) is 4.53. The minimum Gasteiger partial charge on any atom is -0.373 e. The van der Waals surface area contributed by atoms with E-state index in [1.54, 1.807) is 0 Å². The Labute approximate surface area is 148 Å². The number of benzene rings is 2. The van der Waals surface area contributed by atoms with E-state index in [0.717, 1.165) is 24.1 Å². The predicted octanol–water partition coefficient (Wildman–Crippen LogP) is 3.21. The molecule has 0 spiro atoms. The minimum absolute atomic E-state index is 0.152. The van der Waals surface area contributed by atoms with Crippen LogP contribution in [0.2, 0.25) is 0 Å². The summed E-state index contributed by atoms with van der Waals surface area (Å²) >= 11 is 0. The standard InChI is InChI=1S/C20H18F2N2O2/c21-15-8-13-14(9-16(15)22)20(25)24-18-11-26-10-17(19(13)18)23-7-6-12-4-2-1-3-5-12/h1-5,8-9,17,23H,6-7,10-11H2,(H,24,25)/t17-/m1/s1. The summed E-state index contributed by atoms with van der Waals surface area (Å²) in [5.74, 6) is -1.98. The van der Waals surface area contributed by atoms with Crippen molar-refractivity contribution in [2.45, 2.75) is 19.1 Å². The smallest absolute Gasteiger partial charge is 0.256 e. The van der Waals surface area contributed by atoms with Gasteiger partial charge in [0.2, 0.25) is 0 Å². The van der Waals surface area contributed by atoms with Crippen molar-refractivity contribution >= 4 is 10.8 Å². The van der Waals surface area contributed by atoms with Crippen LogP contribution in [-0.4, -0.2) is 18.1 Å². The summed E-state index contributed by atoms with van der Waals surface area (Å²) in [6.07, 6.45) is 0.830. The first-order chi connectivity index (χ1) is 12.6. The monoisotopic (exact) mass is 356 g/mol. The van der Waals surface area contributed by atoms with Gasteiger partial charge in [-0.3, -0.25) is 4.79 Å². The van der Waals surface area contributed by atoms with Crippen LogP contribution >= 0.6 is 0 Å². The van der Waals surface area contributed by atoms with Crippen LogP contribution in [0.15, 0.2) is 47.3 Å². The summed E-state index contributed by atoms with van der Waals surface area (Å²) in [5, 5.41) is 3.99. The van der Waals surface area contributed by atoms with Crippen molar-refractivity contribution in [3.63, 3.8) is 0 Å². The lowest BCUT2D eigenvalue weighted by Crippen LogP contribution is -2.33. The molecule has 1 aliphatic rings. The highest BCUT2D eigenvalue weighted by Gasteiger charge is 2.25. The number of ether oxygens (including phenoxy) is 1. The summed E-state index contributed by atoms with van der Waals surface area (Å²) < 4.78 is 33.0. The summed E-state index contributed by atoms with van der Waals surface area (Å²) in [4.78, 5) is 14.9. The summed E-state index contributed by atoms with van der Waals surface area (Å²) in [6.45, 7) is 1.35. The Morgan fingerprint density at radius 2 is 1.85 bits per heavy atom. The van der Waals surface area contributed by atoms with Gasteiger partial charge >= 0.3 is 0 Å². The Morgan fingerprint density at radius 1 is 1.12 bits per heavy atom. The number of nitrogens with one attached hydrogen (secondary N) is 2. The van der Waals surface area contributed by atoms with Crippen molar-refractivity contribution in [2.24, 2.45) is 0 Å². The molecule has 26 heavy (non-hydrogen) atoms. The van der Waals surface area contributed by atoms with Gasteiger partial charge in [-0.2, -0.15) is 0 Å². The van der Waals surface area contributed by atoms with Crippen LogP contribution in [0.4, 0.5) is 8.78 Å². The molecule has 0 radical (unpaired) electrons. The van der Waals surface area contributed by atoms with Crippen LogP contribution < -0.4 is 10.9 Å². The highest BCUT2D eigenvalue weighted by molar-refractivity contribution is 5.86. The molecule has 2 heterocycles. The SMILES string of the molecule is O=c1[nH]c2c(c3cc(F)c(F)cc13)[C@H](NCCc1ccccc1)COC2. The van der Waals surface area contributed by atoms with E-state index < -0.39 is 17.2 Å². The molecule has 2 N–H and O–H groups in total. The number of hydrogen-bond acceptors (Lipinski definition) is 3. The number of rotatable bonds is 4. The third-order valence-corrected chi connectivity index (χ3v) is 4.71. The molecule has 0 amide bonds. The first kappa shape index (κ1) is 16.9. The van der Waals surface area contributed by atoms with Gasteiger partial charge in [0.25, 0.3) is 5.56 Å². The van der Waals surface area contributed by atoms with E-state index in [1.807, 2.05) is 18.2 Å². The quantitative estimate of drug-likeness (QED) is 0.755. The largest absolute Gasteiger partial charge is 0.373 e. The molecular weight excluding hydrogens is 338 g/mol. The lowest BCUT2D eigenvalue weighted by Gasteiger charge is -2.28. The number of pyridine rings is 1. The number of H-pyrrole nitrogens is 1. The van der Waals surface area contributed by atoms with E-state index in [-0.39, 0.29) is 18.0 Å². The van der Waals surface area contributed by atoms with Gasteiger partial charge in [0, 0.05) is 11.3 Å². The van der Waals surface area contributed by atoms with Crippen LogP contribution in [0.25, 0.3) is 10.8 Å². The van der Waals surface area contributed by atoms with E-state index in [9.17, 15) is 13.6 Å². The molecule has 0 aliphatic carbocycles. The predicted molar refractivity (Wildman–Crippen MR) is 95.0 cm³/mol. The first-order valence-electron chi connectivity index (χ1n) is 8.52. The van der Waals surface area contributed by atoms with Crippen molar-refractivity contribution in [1.82, 2.24) is 10.3 Å². The van der Waals surface area contributed by atoms with Crippen LogP contribution in [-0.2, 0) is 17.8 Å². The summed E-state index contributed by atoms with van der Waals surface area (Å²) in [6, 6.07) is 11.9. The summed E-state index contributed by atoms with van der Waals surface area (Å²) in [5.41, 5.74) is 2.15. The Morgan fingerprint density at radius 3 is 2.62 bits per heavy atom. The van der Waals surface area contributed by atoms with Gasteiger partial charge in [-0.15, -0.1) is 0 Å². The second-order valence-electron chi connectivity index (χ2n) is 6.42. The fourth-order valence-corrected chi connectivity index (χ4v) is 3.46. The van der Waals surface area contributed by atoms with Gasteiger partial charge in [-0.05, 0) is 36.0 Å². The molecule has 0 unspecified atom stereocenters. The molecule has 0 saturated heterocycles. The normalized spacial score (nSPS) is 16.6. The fraction of sp³-hybridized carbons (Fsp3) is 0.250.